The first-order valence-electron chi connectivity index (χ1n) is 26.4. The van der Waals surface area contributed by atoms with Crippen molar-refractivity contribution >= 4 is 17.9 Å². The van der Waals surface area contributed by atoms with Crippen LogP contribution in [0.3, 0.4) is 0 Å². The van der Waals surface area contributed by atoms with E-state index in [0.717, 1.165) is 135 Å². The highest BCUT2D eigenvalue weighted by molar-refractivity contribution is 5.71. The molecule has 0 fully saturated rings. The number of carbonyl (C=O) groups is 3. The van der Waals surface area contributed by atoms with Crippen LogP contribution in [0.4, 0.5) is 0 Å². The van der Waals surface area contributed by atoms with Crippen LogP contribution in [0.15, 0.2) is 109 Å². The highest BCUT2D eigenvalue weighted by atomic mass is 16.6. The fraction of sp³-hybridized carbons (Fsp3) is 0.644. The van der Waals surface area contributed by atoms with E-state index in [4.69, 9.17) is 14.2 Å². The van der Waals surface area contributed by atoms with Crippen molar-refractivity contribution in [3.05, 3.63) is 109 Å². The Hall–Kier alpha value is -3.93. The summed E-state index contributed by atoms with van der Waals surface area (Å²) >= 11 is 0. The minimum atomic E-state index is -0.814. The second kappa shape index (κ2) is 52.7. The molecule has 0 aromatic rings. The molecule has 0 saturated carbocycles. The summed E-state index contributed by atoms with van der Waals surface area (Å²) in [6.45, 7) is 6.39. The van der Waals surface area contributed by atoms with Gasteiger partial charge in [-0.2, -0.15) is 0 Å². The molecule has 6 heteroatoms. The van der Waals surface area contributed by atoms with Gasteiger partial charge in [-0.1, -0.05) is 188 Å². The van der Waals surface area contributed by atoms with E-state index in [2.05, 4.69) is 130 Å². The zero-order chi connectivity index (χ0) is 47.2. The van der Waals surface area contributed by atoms with Crippen LogP contribution in [0.1, 0.15) is 226 Å². The van der Waals surface area contributed by atoms with Crippen molar-refractivity contribution in [2.24, 2.45) is 0 Å². The van der Waals surface area contributed by atoms with Crippen LogP contribution < -0.4 is 0 Å². The number of ether oxygens (including phenoxy) is 3. The largest absolute Gasteiger partial charge is 0.462 e. The molecule has 0 rings (SSSR count). The van der Waals surface area contributed by atoms with Gasteiger partial charge in [0, 0.05) is 19.3 Å². The predicted molar refractivity (Wildman–Crippen MR) is 279 cm³/mol. The summed E-state index contributed by atoms with van der Waals surface area (Å²) in [6.07, 6.45) is 70.7. The molecule has 65 heavy (non-hydrogen) atoms. The monoisotopic (exact) mass is 901 g/mol. The number of hydrogen-bond acceptors (Lipinski definition) is 6. The number of allylic oxidation sites excluding steroid dienone is 18. The van der Waals surface area contributed by atoms with Gasteiger partial charge in [0.05, 0.1) is 0 Å². The summed E-state index contributed by atoms with van der Waals surface area (Å²) < 4.78 is 16.7. The molecule has 0 saturated heterocycles. The lowest BCUT2D eigenvalue weighted by atomic mass is 10.1. The van der Waals surface area contributed by atoms with Crippen LogP contribution in [-0.2, 0) is 28.6 Å². The number of unbranched alkanes of at least 4 members (excludes halogenated alkanes) is 17. The molecular weight excluding hydrogens is 805 g/mol. The van der Waals surface area contributed by atoms with Gasteiger partial charge in [-0.3, -0.25) is 14.4 Å². The van der Waals surface area contributed by atoms with Crippen LogP contribution in [0.25, 0.3) is 0 Å². The van der Waals surface area contributed by atoms with Gasteiger partial charge in [0.2, 0.25) is 0 Å². The molecule has 0 aromatic carbocycles. The van der Waals surface area contributed by atoms with Gasteiger partial charge in [-0.25, -0.2) is 0 Å². The maximum atomic E-state index is 12.8. The normalized spacial score (nSPS) is 13.0. The van der Waals surface area contributed by atoms with Gasteiger partial charge in [-0.05, 0) is 128 Å². The van der Waals surface area contributed by atoms with E-state index in [0.29, 0.717) is 19.3 Å². The molecule has 0 spiro atoms. The molecule has 0 bridgehead atoms. The SMILES string of the molecule is CC/C=C\C/C=C\C/C=C\CCCCCCCC(=O)O[C@H](COC(=O)CCCC/C=C\C/C=C\C/C=C\CCCCC)COC(=O)CCCCCC/C=C\C/C=C\C/C=C\CCCCC. The minimum absolute atomic E-state index is 0.111. The summed E-state index contributed by atoms with van der Waals surface area (Å²) in [4.78, 5) is 38.0. The first-order valence-corrected chi connectivity index (χ1v) is 26.4. The Morgan fingerprint density at radius 2 is 0.600 bits per heavy atom. The fourth-order valence-corrected chi connectivity index (χ4v) is 6.76. The first-order chi connectivity index (χ1) is 32.0. The van der Waals surface area contributed by atoms with Gasteiger partial charge < -0.3 is 14.2 Å². The molecule has 0 aliphatic heterocycles. The highest BCUT2D eigenvalue weighted by Crippen LogP contribution is 2.12. The Morgan fingerprint density at radius 3 is 0.969 bits per heavy atom. The predicted octanol–water partition coefficient (Wildman–Crippen LogP) is 17.5. The molecule has 0 radical (unpaired) electrons. The summed E-state index contributed by atoms with van der Waals surface area (Å²) in [6, 6.07) is 0. The third kappa shape index (κ3) is 50.9. The zero-order valence-corrected chi connectivity index (χ0v) is 42.0. The first kappa shape index (κ1) is 61.1. The Labute approximate surface area is 400 Å². The van der Waals surface area contributed by atoms with Crippen LogP contribution in [0, 0.1) is 0 Å². The van der Waals surface area contributed by atoms with E-state index in [-0.39, 0.29) is 31.1 Å². The smallest absolute Gasteiger partial charge is 0.306 e. The lowest BCUT2D eigenvalue weighted by Crippen LogP contribution is -2.30. The third-order valence-corrected chi connectivity index (χ3v) is 10.7. The molecule has 0 aliphatic carbocycles. The van der Waals surface area contributed by atoms with Crippen molar-refractivity contribution in [3.63, 3.8) is 0 Å². The van der Waals surface area contributed by atoms with Crippen LogP contribution in [-0.4, -0.2) is 37.2 Å². The summed E-state index contributed by atoms with van der Waals surface area (Å²) in [5.41, 5.74) is 0. The van der Waals surface area contributed by atoms with Gasteiger partial charge >= 0.3 is 17.9 Å². The average Bonchev–Trinajstić information content (AvgIpc) is 3.30. The molecule has 1 atom stereocenters. The van der Waals surface area contributed by atoms with Crippen LogP contribution in [0.5, 0.6) is 0 Å². The summed E-state index contributed by atoms with van der Waals surface area (Å²) in [7, 11) is 0. The number of rotatable bonds is 46. The van der Waals surface area contributed by atoms with Gasteiger partial charge in [-0.15, -0.1) is 0 Å². The molecule has 0 amide bonds. The van der Waals surface area contributed by atoms with Crippen molar-refractivity contribution in [1.29, 1.82) is 0 Å². The lowest BCUT2D eigenvalue weighted by molar-refractivity contribution is -0.167. The number of carbonyl (C=O) groups excluding carboxylic acids is 3. The van der Waals surface area contributed by atoms with E-state index in [1.54, 1.807) is 0 Å². The molecule has 368 valence electrons. The minimum Gasteiger partial charge on any atom is -0.462 e. The molecule has 0 aliphatic rings. The van der Waals surface area contributed by atoms with E-state index >= 15 is 0 Å². The fourth-order valence-electron chi connectivity index (χ4n) is 6.76. The van der Waals surface area contributed by atoms with Crippen molar-refractivity contribution < 1.29 is 28.6 Å². The lowest BCUT2D eigenvalue weighted by Gasteiger charge is -2.18. The molecule has 0 N–H and O–H groups in total. The van der Waals surface area contributed by atoms with Crippen molar-refractivity contribution in [3.8, 4) is 0 Å². The van der Waals surface area contributed by atoms with Gasteiger partial charge in [0.1, 0.15) is 13.2 Å². The molecule has 0 aromatic heterocycles. The van der Waals surface area contributed by atoms with Crippen molar-refractivity contribution in [1.82, 2.24) is 0 Å². The third-order valence-electron chi connectivity index (χ3n) is 10.7. The highest BCUT2D eigenvalue weighted by Gasteiger charge is 2.19. The van der Waals surface area contributed by atoms with E-state index in [1.807, 2.05) is 0 Å². The van der Waals surface area contributed by atoms with Crippen LogP contribution >= 0.6 is 0 Å². The maximum absolute atomic E-state index is 12.8. The Morgan fingerprint density at radius 1 is 0.323 bits per heavy atom. The number of hydrogen-bond donors (Lipinski definition) is 0. The average molecular weight is 901 g/mol. The van der Waals surface area contributed by atoms with Crippen molar-refractivity contribution in [2.45, 2.75) is 232 Å². The summed E-state index contributed by atoms with van der Waals surface area (Å²) in [5, 5.41) is 0. The Kier molecular flexibility index (Phi) is 49.5. The quantitative estimate of drug-likeness (QED) is 0.0262. The van der Waals surface area contributed by atoms with Gasteiger partial charge in [0.25, 0.3) is 0 Å². The maximum Gasteiger partial charge on any atom is 0.306 e. The summed E-state index contributed by atoms with van der Waals surface area (Å²) in [5.74, 6) is -0.992. The van der Waals surface area contributed by atoms with Crippen LogP contribution in [0.2, 0.25) is 0 Å². The number of esters is 3. The molecule has 0 unspecified atom stereocenters. The van der Waals surface area contributed by atoms with E-state index in [9.17, 15) is 14.4 Å². The molecule has 0 heterocycles. The molecule has 6 nitrogen and oxygen atoms in total. The zero-order valence-electron chi connectivity index (χ0n) is 42.0. The molecular formula is C59H96O6. The van der Waals surface area contributed by atoms with Gasteiger partial charge in [0.15, 0.2) is 6.10 Å². The Balaban J connectivity index is 4.53. The standard InChI is InChI=1S/C59H96O6/c1-4-7-10-13-16-19-22-25-28-29-32-34-37-40-43-46-49-52-58(61)64-55-56(65-59(62)53-50-47-44-41-38-35-31-27-24-21-18-15-12-9-6-3)54-63-57(60)51-48-45-42-39-36-33-30-26-23-20-17-14-11-8-5-2/h9,12,16-21,25-28,30-32,34,36,39,56H,4-8,10-11,13-15,22-24,29,33,35,37-38,40-55H2,1-3H3/b12-9-,19-16-,20-17-,21-18-,28-25-,30-26-,31-27-,34-32-,39-36-/t56-/m1/s1. The van der Waals surface area contributed by atoms with E-state index in [1.165, 1.54) is 51.4 Å². The van der Waals surface area contributed by atoms with E-state index < -0.39 is 6.10 Å². The topological polar surface area (TPSA) is 78.9 Å². The van der Waals surface area contributed by atoms with Crippen molar-refractivity contribution in [2.75, 3.05) is 13.2 Å². The second-order valence-corrected chi connectivity index (χ2v) is 17.0. The Bertz CT molecular complexity index is 1360. The second-order valence-electron chi connectivity index (χ2n) is 17.0.